The number of ether oxygens (including phenoxy) is 3. The van der Waals surface area contributed by atoms with Crippen molar-refractivity contribution in [2.75, 3.05) is 14.2 Å². The number of rotatable bonds is 5. The van der Waals surface area contributed by atoms with Crippen molar-refractivity contribution in [2.45, 2.75) is 26.4 Å². The Bertz CT molecular complexity index is 971. The molecule has 0 amide bonds. The van der Waals surface area contributed by atoms with E-state index in [0.29, 0.717) is 0 Å². The fourth-order valence-electron chi connectivity index (χ4n) is 3.92. The molecule has 3 heteroatoms. The second kappa shape index (κ2) is 8.04. The summed E-state index contributed by atoms with van der Waals surface area (Å²) in [5.41, 5.74) is 7.20. The van der Waals surface area contributed by atoms with Crippen LogP contribution in [0.1, 0.15) is 40.3 Å². The zero-order valence-electron chi connectivity index (χ0n) is 17.4. The first-order valence-electron chi connectivity index (χ1n) is 9.85. The number of methoxy groups -OCH3 is 2. The first-order chi connectivity index (χ1) is 14.1. The van der Waals surface area contributed by atoms with E-state index >= 15 is 0 Å². The number of hydrogen-bond donors (Lipinski definition) is 0. The molecule has 3 aromatic carbocycles. The molecule has 0 radical (unpaired) electrons. The summed E-state index contributed by atoms with van der Waals surface area (Å²) in [4.78, 5) is 0. The molecule has 1 heterocycles. The summed E-state index contributed by atoms with van der Waals surface area (Å²) in [6, 6.07) is 22.8. The van der Waals surface area contributed by atoms with Gasteiger partial charge in [-0.05, 0) is 66.9 Å². The van der Waals surface area contributed by atoms with Gasteiger partial charge in [-0.15, -0.1) is 0 Å². The minimum Gasteiger partial charge on any atom is -0.497 e. The highest BCUT2D eigenvalue weighted by Gasteiger charge is 2.30. The van der Waals surface area contributed by atoms with Gasteiger partial charge in [0.25, 0.3) is 0 Å². The Labute approximate surface area is 172 Å². The fraction of sp³-hybridized carbons (Fsp3) is 0.231. The Morgan fingerprint density at radius 3 is 1.90 bits per heavy atom. The van der Waals surface area contributed by atoms with Crippen LogP contribution in [0.5, 0.6) is 11.5 Å². The van der Waals surface area contributed by atoms with Crippen LogP contribution in [0, 0.1) is 13.8 Å². The fourth-order valence-corrected chi connectivity index (χ4v) is 3.92. The zero-order chi connectivity index (χ0) is 20.4. The van der Waals surface area contributed by atoms with Crippen molar-refractivity contribution < 1.29 is 14.2 Å². The Morgan fingerprint density at radius 2 is 1.34 bits per heavy atom. The minimum atomic E-state index is 0.00445. The number of aryl methyl sites for hydroxylation is 2. The van der Waals surface area contributed by atoms with Crippen molar-refractivity contribution >= 4 is 11.3 Å². The summed E-state index contributed by atoms with van der Waals surface area (Å²) in [7, 11) is 3.37. The second-order valence-corrected chi connectivity index (χ2v) is 7.44. The van der Waals surface area contributed by atoms with Gasteiger partial charge in [-0.1, -0.05) is 35.9 Å². The van der Waals surface area contributed by atoms with Crippen LogP contribution in [0.15, 0.2) is 66.7 Å². The third kappa shape index (κ3) is 3.86. The highest BCUT2D eigenvalue weighted by atomic mass is 16.5. The molecule has 0 saturated carbocycles. The molecule has 4 rings (SSSR count). The van der Waals surface area contributed by atoms with Crippen LogP contribution < -0.4 is 9.47 Å². The van der Waals surface area contributed by atoms with Crippen molar-refractivity contribution in [3.8, 4) is 11.5 Å². The smallest absolute Gasteiger partial charge is 0.131 e. The molecular formula is C26H26O3. The summed E-state index contributed by atoms with van der Waals surface area (Å²) >= 11 is 0. The van der Waals surface area contributed by atoms with Gasteiger partial charge in [0.1, 0.15) is 23.4 Å². The molecule has 3 aromatic rings. The van der Waals surface area contributed by atoms with E-state index in [1.807, 2.05) is 24.3 Å². The maximum Gasteiger partial charge on any atom is 0.131 e. The molecule has 0 saturated heterocycles. The maximum absolute atomic E-state index is 6.56. The van der Waals surface area contributed by atoms with E-state index in [4.69, 9.17) is 14.2 Å². The van der Waals surface area contributed by atoms with E-state index in [-0.39, 0.29) is 6.10 Å². The quantitative estimate of drug-likeness (QED) is 0.511. The van der Waals surface area contributed by atoms with Gasteiger partial charge < -0.3 is 14.2 Å². The summed E-state index contributed by atoms with van der Waals surface area (Å²) in [5.74, 6) is 2.62. The molecule has 1 aliphatic heterocycles. The zero-order valence-corrected chi connectivity index (χ0v) is 17.4. The number of hydrogen-bond acceptors (Lipinski definition) is 3. The van der Waals surface area contributed by atoms with Gasteiger partial charge in [-0.25, -0.2) is 0 Å². The molecule has 0 spiro atoms. The predicted molar refractivity (Wildman–Crippen MR) is 117 cm³/mol. The lowest BCUT2D eigenvalue weighted by Crippen LogP contribution is -2.00. The topological polar surface area (TPSA) is 27.7 Å². The lowest BCUT2D eigenvalue weighted by atomic mass is 9.94. The lowest BCUT2D eigenvalue weighted by Gasteiger charge is -2.16. The molecule has 0 aliphatic carbocycles. The van der Waals surface area contributed by atoms with Crippen LogP contribution >= 0.6 is 0 Å². The lowest BCUT2D eigenvalue weighted by molar-refractivity contribution is 0.194. The van der Waals surface area contributed by atoms with Crippen LogP contribution in [0.4, 0.5) is 0 Å². The molecule has 148 valence electrons. The number of benzene rings is 3. The first kappa shape index (κ1) is 19.1. The average Bonchev–Trinajstić information content (AvgIpc) is 3.19. The normalized spacial score (nSPS) is 15.9. The third-order valence-electron chi connectivity index (χ3n) is 5.49. The molecule has 29 heavy (non-hydrogen) atoms. The van der Waals surface area contributed by atoms with Gasteiger partial charge in [0.05, 0.1) is 14.2 Å². The first-order valence-corrected chi connectivity index (χ1v) is 9.85. The monoisotopic (exact) mass is 386 g/mol. The Hall–Kier alpha value is -3.20. The van der Waals surface area contributed by atoms with Gasteiger partial charge in [0, 0.05) is 17.6 Å². The third-order valence-corrected chi connectivity index (χ3v) is 5.49. The van der Waals surface area contributed by atoms with Crippen LogP contribution in [0.2, 0.25) is 0 Å². The summed E-state index contributed by atoms with van der Waals surface area (Å²) < 4.78 is 17.2. The highest BCUT2D eigenvalue weighted by Crippen LogP contribution is 2.46. The van der Waals surface area contributed by atoms with Gasteiger partial charge in [0.2, 0.25) is 0 Å². The van der Waals surface area contributed by atoms with E-state index in [0.717, 1.165) is 34.8 Å². The van der Waals surface area contributed by atoms with Crippen molar-refractivity contribution in [1.29, 1.82) is 0 Å². The standard InChI is InChI=1S/C26H26O3/c1-17-5-14-23(18(2)15-17)25-16-24(19-6-10-21(27-3)11-7-19)26(29-25)20-8-12-22(28-4)13-9-20/h5-15,25H,16H2,1-4H3. The average molecular weight is 386 g/mol. The Kier molecular flexibility index (Phi) is 5.30. The van der Waals surface area contributed by atoms with Crippen molar-refractivity contribution in [3.63, 3.8) is 0 Å². The van der Waals surface area contributed by atoms with Crippen LogP contribution in [-0.4, -0.2) is 14.2 Å². The molecule has 1 atom stereocenters. The molecule has 0 fully saturated rings. The minimum absolute atomic E-state index is 0.00445. The summed E-state index contributed by atoms with van der Waals surface area (Å²) in [6.45, 7) is 4.28. The summed E-state index contributed by atoms with van der Waals surface area (Å²) in [6.07, 6.45) is 0.835. The van der Waals surface area contributed by atoms with Crippen molar-refractivity contribution in [3.05, 3.63) is 94.5 Å². The van der Waals surface area contributed by atoms with Gasteiger partial charge in [0.15, 0.2) is 0 Å². The molecule has 0 bridgehead atoms. The van der Waals surface area contributed by atoms with E-state index in [2.05, 4.69) is 56.3 Å². The van der Waals surface area contributed by atoms with Crippen molar-refractivity contribution in [2.24, 2.45) is 0 Å². The van der Waals surface area contributed by atoms with Gasteiger partial charge in [-0.2, -0.15) is 0 Å². The van der Waals surface area contributed by atoms with Crippen LogP contribution in [0.25, 0.3) is 11.3 Å². The second-order valence-electron chi connectivity index (χ2n) is 7.44. The van der Waals surface area contributed by atoms with Crippen molar-refractivity contribution in [1.82, 2.24) is 0 Å². The molecule has 1 unspecified atom stereocenters. The Morgan fingerprint density at radius 1 is 0.759 bits per heavy atom. The van der Waals surface area contributed by atoms with E-state index in [9.17, 15) is 0 Å². The molecule has 3 nitrogen and oxygen atoms in total. The van der Waals surface area contributed by atoms with E-state index in [1.54, 1.807) is 14.2 Å². The molecule has 0 N–H and O–H groups in total. The molecule has 0 aromatic heterocycles. The van der Waals surface area contributed by atoms with Crippen LogP contribution in [0.3, 0.4) is 0 Å². The molecule has 1 aliphatic rings. The van der Waals surface area contributed by atoms with E-state index < -0.39 is 0 Å². The predicted octanol–water partition coefficient (Wildman–Crippen LogP) is 6.35. The van der Waals surface area contributed by atoms with E-state index in [1.165, 1.54) is 22.3 Å². The molecular weight excluding hydrogens is 360 g/mol. The summed E-state index contributed by atoms with van der Waals surface area (Å²) in [5, 5.41) is 0. The maximum atomic E-state index is 6.56. The highest BCUT2D eigenvalue weighted by molar-refractivity contribution is 5.90. The SMILES string of the molecule is COc1ccc(C2=C(c3ccc(OC)cc3)OC(c3ccc(C)cc3C)C2)cc1. The Balaban J connectivity index is 1.75. The largest absolute Gasteiger partial charge is 0.497 e. The van der Waals surface area contributed by atoms with Gasteiger partial charge >= 0.3 is 0 Å². The van der Waals surface area contributed by atoms with Crippen LogP contribution in [-0.2, 0) is 4.74 Å². The van der Waals surface area contributed by atoms with Gasteiger partial charge in [-0.3, -0.25) is 0 Å².